The van der Waals surface area contributed by atoms with Crippen LogP contribution < -0.4 is 16.8 Å². The number of nitrogens with zero attached hydrogens (tertiary/aromatic N) is 2. The topological polar surface area (TPSA) is 89.8 Å². The predicted molar refractivity (Wildman–Crippen MR) is 118 cm³/mol. The van der Waals surface area contributed by atoms with Crippen molar-refractivity contribution < 1.29 is 0 Å². The number of hydrogen-bond acceptors (Lipinski definition) is 6. The third kappa shape index (κ3) is 3.57. The molecular formula is C22H25N5S. The first-order chi connectivity index (χ1) is 13.5. The molecule has 1 aliphatic heterocycles. The molecule has 0 spiro atoms. The minimum absolute atomic E-state index is 0.0134. The van der Waals surface area contributed by atoms with Crippen molar-refractivity contribution in [3.63, 3.8) is 0 Å². The molecule has 1 aromatic heterocycles. The molecule has 6 heteroatoms. The van der Waals surface area contributed by atoms with Crippen LogP contribution in [0.4, 0.5) is 11.8 Å². The summed E-state index contributed by atoms with van der Waals surface area (Å²) in [5.74, 6) is 1.00. The highest BCUT2D eigenvalue weighted by atomic mass is 32.2. The standard InChI is InChI=1S/C22H25N5S/c1-14-7-6-10-17(15(14)2)18-11-19(27-21(24)26-18)25-13-22(12-23)20(28-22)16-8-4-3-5-9-16/h3-11,20H,12-13,23H2,1-2H3,(H3,24,25,26,27)/t20-,22?/m0/s1. The number of benzene rings is 2. The maximum Gasteiger partial charge on any atom is 0.222 e. The minimum atomic E-state index is -0.0134. The normalized spacial score (nSPS) is 20.8. The number of anilines is 2. The van der Waals surface area contributed by atoms with Gasteiger partial charge in [0.05, 0.1) is 10.4 Å². The van der Waals surface area contributed by atoms with Crippen LogP contribution in [-0.2, 0) is 0 Å². The summed E-state index contributed by atoms with van der Waals surface area (Å²) in [6.45, 7) is 5.54. The van der Waals surface area contributed by atoms with Gasteiger partial charge in [0.25, 0.3) is 0 Å². The number of aryl methyl sites for hydroxylation is 1. The van der Waals surface area contributed by atoms with E-state index < -0.39 is 0 Å². The third-order valence-electron chi connectivity index (χ3n) is 5.41. The van der Waals surface area contributed by atoms with Crippen LogP contribution >= 0.6 is 11.8 Å². The van der Waals surface area contributed by atoms with Gasteiger partial charge in [-0.2, -0.15) is 4.98 Å². The van der Waals surface area contributed by atoms with E-state index in [4.69, 9.17) is 11.5 Å². The summed E-state index contributed by atoms with van der Waals surface area (Å²) in [4.78, 5) is 8.83. The van der Waals surface area contributed by atoms with Crippen LogP contribution in [0.1, 0.15) is 21.9 Å². The molecule has 144 valence electrons. The van der Waals surface area contributed by atoms with Crippen LogP contribution in [0.25, 0.3) is 11.3 Å². The van der Waals surface area contributed by atoms with Crippen molar-refractivity contribution in [2.75, 3.05) is 24.1 Å². The van der Waals surface area contributed by atoms with Gasteiger partial charge in [-0.05, 0) is 30.5 Å². The van der Waals surface area contributed by atoms with Gasteiger partial charge >= 0.3 is 0 Å². The molecule has 2 atom stereocenters. The SMILES string of the molecule is Cc1cccc(-c2cc(NCC3(CN)S[C@H]3c3ccccc3)nc(N)n2)c1C. The molecule has 0 bridgehead atoms. The summed E-state index contributed by atoms with van der Waals surface area (Å²) >= 11 is 1.90. The molecule has 5 N–H and O–H groups in total. The number of thioether (sulfide) groups is 1. The molecule has 2 aromatic carbocycles. The van der Waals surface area contributed by atoms with Gasteiger partial charge in [0.1, 0.15) is 5.82 Å². The summed E-state index contributed by atoms with van der Waals surface area (Å²) in [6.07, 6.45) is 0. The van der Waals surface area contributed by atoms with Crippen molar-refractivity contribution in [2.45, 2.75) is 23.8 Å². The van der Waals surface area contributed by atoms with Gasteiger partial charge in [-0.15, -0.1) is 11.8 Å². The van der Waals surface area contributed by atoms with Gasteiger partial charge in [-0.3, -0.25) is 0 Å². The maximum atomic E-state index is 6.13. The Labute approximate surface area is 170 Å². The first kappa shape index (κ1) is 18.8. The van der Waals surface area contributed by atoms with Gasteiger partial charge in [-0.25, -0.2) is 4.98 Å². The Balaban J connectivity index is 1.54. The molecule has 0 saturated carbocycles. The Bertz CT molecular complexity index is 991. The lowest BCUT2D eigenvalue weighted by molar-refractivity contribution is 0.686. The fraction of sp³-hybridized carbons (Fsp3) is 0.273. The second-order valence-corrected chi connectivity index (χ2v) is 8.80. The Morgan fingerprint density at radius 1 is 1.07 bits per heavy atom. The van der Waals surface area contributed by atoms with Crippen LogP contribution in [0.3, 0.4) is 0 Å². The van der Waals surface area contributed by atoms with Crippen molar-refractivity contribution in [2.24, 2.45) is 5.73 Å². The number of nitrogen functional groups attached to an aromatic ring is 1. The zero-order chi connectivity index (χ0) is 19.7. The van der Waals surface area contributed by atoms with Crippen LogP contribution in [0, 0.1) is 13.8 Å². The average Bonchev–Trinajstić information content (AvgIpc) is 3.44. The first-order valence-electron chi connectivity index (χ1n) is 9.40. The van der Waals surface area contributed by atoms with Gasteiger partial charge in [-0.1, -0.05) is 48.5 Å². The van der Waals surface area contributed by atoms with Crippen molar-refractivity contribution in [3.05, 3.63) is 71.3 Å². The molecule has 1 unspecified atom stereocenters. The number of nitrogens with one attached hydrogen (secondary N) is 1. The summed E-state index contributed by atoms with van der Waals surface area (Å²) < 4.78 is -0.0134. The second kappa shape index (κ2) is 7.45. The highest BCUT2D eigenvalue weighted by Crippen LogP contribution is 2.64. The van der Waals surface area contributed by atoms with Crippen LogP contribution in [0.15, 0.2) is 54.6 Å². The molecule has 1 aliphatic rings. The largest absolute Gasteiger partial charge is 0.368 e. The molecule has 0 radical (unpaired) electrons. The lowest BCUT2D eigenvalue weighted by Gasteiger charge is -2.16. The molecule has 0 amide bonds. The molecule has 4 rings (SSSR count). The molecule has 5 nitrogen and oxygen atoms in total. The zero-order valence-corrected chi connectivity index (χ0v) is 17.0. The lowest BCUT2D eigenvalue weighted by atomic mass is 9.99. The fourth-order valence-corrected chi connectivity index (χ4v) is 4.79. The first-order valence-corrected chi connectivity index (χ1v) is 10.3. The third-order valence-corrected chi connectivity index (χ3v) is 7.14. The molecule has 2 heterocycles. The van der Waals surface area contributed by atoms with Gasteiger partial charge in [0.2, 0.25) is 5.95 Å². The van der Waals surface area contributed by atoms with E-state index in [2.05, 4.69) is 65.5 Å². The Morgan fingerprint density at radius 2 is 1.86 bits per heavy atom. The van der Waals surface area contributed by atoms with E-state index >= 15 is 0 Å². The zero-order valence-electron chi connectivity index (χ0n) is 16.1. The fourth-order valence-electron chi connectivity index (χ4n) is 3.53. The highest BCUT2D eigenvalue weighted by Gasteiger charge is 2.55. The molecule has 0 aliphatic carbocycles. The van der Waals surface area contributed by atoms with Gasteiger partial charge < -0.3 is 16.8 Å². The minimum Gasteiger partial charge on any atom is -0.368 e. The number of hydrogen-bond donors (Lipinski definition) is 3. The van der Waals surface area contributed by atoms with Crippen LogP contribution in [-0.4, -0.2) is 27.8 Å². The number of nitrogens with two attached hydrogens (primary N) is 2. The summed E-state index contributed by atoms with van der Waals surface area (Å²) in [5, 5.41) is 3.86. The predicted octanol–water partition coefficient (Wildman–Crippen LogP) is 3.94. The molecule has 28 heavy (non-hydrogen) atoms. The van der Waals surface area contributed by atoms with Crippen molar-refractivity contribution in [1.82, 2.24) is 9.97 Å². The molecule has 1 saturated heterocycles. The average molecular weight is 392 g/mol. The van der Waals surface area contributed by atoms with E-state index in [1.165, 1.54) is 16.7 Å². The highest BCUT2D eigenvalue weighted by molar-refractivity contribution is 8.08. The van der Waals surface area contributed by atoms with Crippen molar-refractivity contribution >= 4 is 23.5 Å². The van der Waals surface area contributed by atoms with Crippen molar-refractivity contribution in [3.8, 4) is 11.3 Å². The van der Waals surface area contributed by atoms with Crippen molar-refractivity contribution in [1.29, 1.82) is 0 Å². The molecule has 3 aromatic rings. The van der Waals surface area contributed by atoms with E-state index in [1.807, 2.05) is 30.0 Å². The van der Waals surface area contributed by atoms with Crippen LogP contribution in [0.5, 0.6) is 0 Å². The second-order valence-electron chi connectivity index (χ2n) is 7.28. The summed E-state index contributed by atoms with van der Waals surface area (Å²) in [5.41, 5.74) is 17.8. The van der Waals surface area contributed by atoms with Crippen LogP contribution in [0.2, 0.25) is 0 Å². The Morgan fingerprint density at radius 3 is 2.61 bits per heavy atom. The summed E-state index contributed by atoms with van der Waals surface area (Å²) in [6, 6.07) is 18.7. The number of rotatable bonds is 6. The van der Waals surface area contributed by atoms with Gasteiger partial charge in [0, 0.05) is 30.0 Å². The van der Waals surface area contributed by atoms with E-state index in [0.29, 0.717) is 11.8 Å². The maximum absolute atomic E-state index is 6.13. The summed E-state index contributed by atoms with van der Waals surface area (Å²) in [7, 11) is 0. The molecule has 1 fully saturated rings. The Hall–Kier alpha value is -2.57. The smallest absolute Gasteiger partial charge is 0.222 e. The molecular weight excluding hydrogens is 366 g/mol. The number of aromatic nitrogens is 2. The van der Waals surface area contributed by atoms with E-state index in [9.17, 15) is 0 Å². The quantitative estimate of drug-likeness (QED) is 0.552. The Kier molecular flexibility index (Phi) is 5.00. The van der Waals surface area contributed by atoms with E-state index in [1.54, 1.807) is 0 Å². The lowest BCUT2D eigenvalue weighted by Crippen LogP contribution is -2.32. The van der Waals surface area contributed by atoms with Gasteiger partial charge in [0.15, 0.2) is 0 Å². The monoisotopic (exact) mass is 391 g/mol. The van der Waals surface area contributed by atoms with E-state index in [-0.39, 0.29) is 10.7 Å². The van der Waals surface area contributed by atoms with E-state index in [0.717, 1.165) is 23.6 Å².